The Balaban J connectivity index is 1.82. The minimum atomic E-state index is -0.544. The first-order chi connectivity index (χ1) is 9.34. The Hall–Kier alpha value is -0.980. The Morgan fingerprint density at radius 1 is 1.20 bits per heavy atom. The molecule has 1 fully saturated rings. The fraction of sp³-hybridized carbons (Fsp3) is 0.857. The van der Waals surface area contributed by atoms with Crippen molar-refractivity contribution in [3.8, 4) is 0 Å². The van der Waals surface area contributed by atoms with E-state index in [1.165, 1.54) is 6.54 Å². The predicted molar refractivity (Wildman–Crippen MR) is 78.1 cm³/mol. The largest absolute Gasteiger partial charge is 0.338 e. The van der Waals surface area contributed by atoms with Crippen molar-refractivity contribution in [1.82, 2.24) is 19.9 Å². The molecule has 0 aliphatic carbocycles. The summed E-state index contributed by atoms with van der Waals surface area (Å²) in [6.45, 7) is 14.5. The van der Waals surface area contributed by atoms with Crippen LogP contribution in [0.25, 0.3) is 0 Å². The lowest BCUT2D eigenvalue weighted by Crippen LogP contribution is -2.46. The zero-order chi connectivity index (χ0) is 14.8. The number of rotatable bonds is 5. The predicted octanol–water partition coefficient (Wildman–Crippen LogP) is 1.04. The summed E-state index contributed by atoms with van der Waals surface area (Å²) in [5.41, 5.74) is 5.42. The zero-order valence-corrected chi connectivity index (χ0v) is 13.1. The van der Waals surface area contributed by atoms with Gasteiger partial charge in [0.2, 0.25) is 5.89 Å². The lowest BCUT2D eigenvalue weighted by Gasteiger charge is -2.34. The van der Waals surface area contributed by atoms with Crippen molar-refractivity contribution in [2.75, 3.05) is 32.7 Å². The molecule has 1 aliphatic heterocycles. The van der Waals surface area contributed by atoms with Crippen LogP contribution >= 0.6 is 0 Å². The van der Waals surface area contributed by atoms with E-state index in [1.54, 1.807) is 0 Å². The molecule has 0 bridgehead atoms. The van der Waals surface area contributed by atoms with Crippen LogP contribution in [0.2, 0.25) is 0 Å². The zero-order valence-electron chi connectivity index (χ0n) is 13.1. The minimum absolute atomic E-state index is 0.544. The molecular weight excluding hydrogens is 254 g/mol. The molecule has 1 saturated heterocycles. The highest BCUT2D eigenvalue weighted by Gasteiger charge is 2.23. The molecule has 1 aromatic heterocycles. The third-order valence-electron chi connectivity index (χ3n) is 3.49. The molecule has 2 N–H and O–H groups in total. The number of hydrogen-bond acceptors (Lipinski definition) is 6. The first kappa shape index (κ1) is 15.4. The van der Waals surface area contributed by atoms with Crippen molar-refractivity contribution < 1.29 is 4.52 Å². The van der Waals surface area contributed by atoms with E-state index in [1.807, 2.05) is 13.8 Å². The number of nitrogens with zero attached hydrogens (tertiary/aromatic N) is 4. The minimum Gasteiger partial charge on any atom is -0.338 e. The third kappa shape index (κ3) is 4.26. The highest BCUT2D eigenvalue weighted by molar-refractivity contribution is 4.99. The van der Waals surface area contributed by atoms with Gasteiger partial charge in [0.1, 0.15) is 0 Å². The normalized spacial score (nSPS) is 18.9. The summed E-state index contributed by atoms with van der Waals surface area (Å²) in [7, 11) is 0. The van der Waals surface area contributed by atoms with Crippen molar-refractivity contribution in [2.45, 2.75) is 39.8 Å². The average molecular weight is 281 g/mol. The number of nitrogens with two attached hydrogens (primary N) is 1. The van der Waals surface area contributed by atoms with E-state index >= 15 is 0 Å². The van der Waals surface area contributed by atoms with E-state index < -0.39 is 5.54 Å². The Kier molecular flexibility index (Phi) is 4.78. The molecule has 2 heterocycles. The average Bonchev–Trinajstić information content (AvgIpc) is 2.79. The molecule has 0 amide bonds. The molecular formula is C14H27N5O. The van der Waals surface area contributed by atoms with Gasteiger partial charge in [-0.05, 0) is 19.8 Å². The van der Waals surface area contributed by atoms with Crippen LogP contribution in [0.5, 0.6) is 0 Å². The van der Waals surface area contributed by atoms with E-state index in [9.17, 15) is 0 Å². The van der Waals surface area contributed by atoms with E-state index in [2.05, 4.69) is 33.8 Å². The standard InChI is InChI=1S/C14H27N5O/c1-11(2)9-18-5-7-19(8-6-18)10-12-16-13(17-20-12)14(3,4)15/h11H,5-10,15H2,1-4H3. The van der Waals surface area contributed by atoms with Gasteiger partial charge in [0.15, 0.2) is 5.82 Å². The van der Waals surface area contributed by atoms with Crippen molar-refractivity contribution in [1.29, 1.82) is 0 Å². The summed E-state index contributed by atoms with van der Waals surface area (Å²) in [5.74, 6) is 1.97. The Morgan fingerprint density at radius 2 is 1.80 bits per heavy atom. The van der Waals surface area contributed by atoms with Gasteiger partial charge in [-0.3, -0.25) is 4.90 Å². The molecule has 2 rings (SSSR count). The van der Waals surface area contributed by atoms with Crippen molar-refractivity contribution in [3.05, 3.63) is 11.7 Å². The summed E-state index contributed by atoms with van der Waals surface area (Å²) in [6.07, 6.45) is 0. The van der Waals surface area contributed by atoms with Gasteiger partial charge >= 0.3 is 0 Å². The first-order valence-corrected chi connectivity index (χ1v) is 7.41. The number of aromatic nitrogens is 2. The molecule has 20 heavy (non-hydrogen) atoms. The summed E-state index contributed by atoms with van der Waals surface area (Å²) in [4.78, 5) is 9.26. The summed E-state index contributed by atoms with van der Waals surface area (Å²) < 4.78 is 5.29. The number of hydrogen-bond donors (Lipinski definition) is 1. The van der Waals surface area contributed by atoms with Gasteiger partial charge < -0.3 is 15.2 Å². The van der Waals surface area contributed by atoms with Crippen LogP contribution in [0.3, 0.4) is 0 Å². The second kappa shape index (κ2) is 6.20. The maximum atomic E-state index is 5.96. The molecule has 0 atom stereocenters. The highest BCUT2D eigenvalue weighted by Crippen LogP contribution is 2.14. The molecule has 1 aromatic rings. The maximum absolute atomic E-state index is 5.96. The van der Waals surface area contributed by atoms with Gasteiger partial charge in [-0.15, -0.1) is 0 Å². The van der Waals surface area contributed by atoms with Crippen LogP contribution in [0.1, 0.15) is 39.4 Å². The monoisotopic (exact) mass is 281 g/mol. The quantitative estimate of drug-likeness (QED) is 0.869. The van der Waals surface area contributed by atoms with E-state index in [0.717, 1.165) is 38.6 Å². The molecule has 0 radical (unpaired) electrons. The van der Waals surface area contributed by atoms with Crippen LogP contribution < -0.4 is 5.73 Å². The SMILES string of the molecule is CC(C)CN1CCN(Cc2nc(C(C)(C)N)no2)CC1. The highest BCUT2D eigenvalue weighted by atomic mass is 16.5. The van der Waals surface area contributed by atoms with Gasteiger partial charge in [-0.1, -0.05) is 19.0 Å². The van der Waals surface area contributed by atoms with Gasteiger partial charge in [-0.2, -0.15) is 4.98 Å². The summed E-state index contributed by atoms with van der Waals surface area (Å²) >= 11 is 0. The Labute approximate surface area is 121 Å². The first-order valence-electron chi connectivity index (χ1n) is 7.41. The fourth-order valence-corrected chi connectivity index (χ4v) is 2.42. The van der Waals surface area contributed by atoms with Gasteiger partial charge in [0, 0.05) is 32.7 Å². The summed E-state index contributed by atoms with van der Waals surface area (Å²) in [5, 5.41) is 3.96. The summed E-state index contributed by atoms with van der Waals surface area (Å²) in [6, 6.07) is 0. The smallest absolute Gasteiger partial charge is 0.240 e. The van der Waals surface area contributed by atoms with Crippen molar-refractivity contribution >= 4 is 0 Å². The molecule has 6 heteroatoms. The lowest BCUT2D eigenvalue weighted by atomic mass is 10.1. The maximum Gasteiger partial charge on any atom is 0.240 e. The van der Waals surface area contributed by atoms with Gasteiger partial charge in [-0.25, -0.2) is 0 Å². The topological polar surface area (TPSA) is 71.4 Å². The number of piperazine rings is 1. The van der Waals surface area contributed by atoms with Crippen molar-refractivity contribution in [2.24, 2.45) is 11.7 Å². The molecule has 6 nitrogen and oxygen atoms in total. The van der Waals surface area contributed by atoms with Gasteiger partial charge in [0.25, 0.3) is 0 Å². The van der Waals surface area contributed by atoms with Crippen LogP contribution in [0, 0.1) is 5.92 Å². The molecule has 0 aromatic carbocycles. The second-order valence-electron chi connectivity index (χ2n) is 6.70. The molecule has 0 spiro atoms. The third-order valence-corrected chi connectivity index (χ3v) is 3.49. The van der Waals surface area contributed by atoms with Crippen LogP contribution in [-0.2, 0) is 12.1 Å². The Morgan fingerprint density at radius 3 is 2.30 bits per heavy atom. The van der Waals surface area contributed by atoms with E-state index in [0.29, 0.717) is 11.7 Å². The molecule has 0 unspecified atom stereocenters. The van der Waals surface area contributed by atoms with Crippen LogP contribution in [-0.4, -0.2) is 52.7 Å². The molecule has 114 valence electrons. The van der Waals surface area contributed by atoms with Crippen LogP contribution in [0.4, 0.5) is 0 Å². The van der Waals surface area contributed by atoms with E-state index in [4.69, 9.17) is 10.3 Å². The molecule has 1 aliphatic rings. The fourth-order valence-electron chi connectivity index (χ4n) is 2.42. The van der Waals surface area contributed by atoms with Crippen LogP contribution in [0.15, 0.2) is 4.52 Å². The Bertz CT molecular complexity index is 415. The lowest BCUT2D eigenvalue weighted by molar-refractivity contribution is 0.108. The second-order valence-corrected chi connectivity index (χ2v) is 6.70. The van der Waals surface area contributed by atoms with Gasteiger partial charge in [0.05, 0.1) is 12.1 Å². The van der Waals surface area contributed by atoms with E-state index in [-0.39, 0.29) is 0 Å². The molecule has 0 saturated carbocycles. The van der Waals surface area contributed by atoms with Crippen molar-refractivity contribution in [3.63, 3.8) is 0 Å².